The lowest BCUT2D eigenvalue weighted by Gasteiger charge is -2.31. The lowest BCUT2D eigenvalue weighted by Crippen LogP contribution is -2.39. The molecule has 1 saturated heterocycles. The number of benzene rings is 2. The number of rotatable bonds is 5. The Morgan fingerprint density at radius 2 is 1.82 bits per heavy atom. The van der Waals surface area contributed by atoms with Crippen molar-refractivity contribution in [2.24, 2.45) is 5.92 Å². The first kappa shape index (κ1) is 21.9. The third-order valence-corrected chi connectivity index (χ3v) is 7.80. The normalized spacial score (nSPS) is 23.7. The SMILES string of the molecule is COC(=O)C1=CCC(c2ccc(CC3CCN(C4CCCCC4)C3=O)c3ccccc23)C=C1. The van der Waals surface area contributed by atoms with Gasteiger partial charge in [0.05, 0.1) is 12.7 Å². The maximum absolute atomic E-state index is 13.2. The van der Waals surface area contributed by atoms with E-state index in [0.29, 0.717) is 17.5 Å². The number of ether oxygens (including phenoxy) is 1. The maximum atomic E-state index is 13.2. The van der Waals surface area contributed by atoms with Gasteiger partial charge in [0, 0.05) is 24.4 Å². The van der Waals surface area contributed by atoms with Crippen LogP contribution in [-0.4, -0.2) is 36.5 Å². The van der Waals surface area contributed by atoms with Crippen molar-refractivity contribution < 1.29 is 14.3 Å². The lowest BCUT2D eigenvalue weighted by molar-refractivity contribution is -0.136. The number of carbonyl (C=O) groups is 2. The van der Waals surface area contributed by atoms with Crippen LogP contribution in [0.2, 0.25) is 0 Å². The molecule has 4 nitrogen and oxygen atoms in total. The van der Waals surface area contributed by atoms with E-state index in [4.69, 9.17) is 4.74 Å². The lowest BCUT2D eigenvalue weighted by atomic mass is 9.84. The first-order valence-electron chi connectivity index (χ1n) is 12.4. The summed E-state index contributed by atoms with van der Waals surface area (Å²) in [6.07, 6.45) is 14.7. The van der Waals surface area contributed by atoms with E-state index in [1.807, 2.05) is 12.2 Å². The predicted octanol–water partition coefficient (Wildman–Crippen LogP) is 5.71. The number of likely N-dealkylation sites (tertiary alicyclic amines) is 1. The number of nitrogens with zero attached hydrogens (tertiary/aromatic N) is 1. The Bertz CT molecular complexity index is 1110. The smallest absolute Gasteiger partial charge is 0.337 e. The summed E-state index contributed by atoms with van der Waals surface area (Å²) in [4.78, 5) is 27.2. The van der Waals surface area contributed by atoms with E-state index >= 15 is 0 Å². The van der Waals surface area contributed by atoms with Crippen molar-refractivity contribution in [1.82, 2.24) is 4.90 Å². The molecule has 0 spiro atoms. The van der Waals surface area contributed by atoms with Gasteiger partial charge in [0.15, 0.2) is 0 Å². The molecule has 0 bridgehead atoms. The zero-order valence-corrected chi connectivity index (χ0v) is 19.5. The van der Waals surface area contributed by atoms with Crippen LogP contribution in [0, 0.1) is 5.92 Å². The van der Waals surface area contributed by atoms with E-state index in [1.165, 1.54) is 61.1 Å². The van der Waals surface area contributed by atoms with Crippen LogP contribution in [0.15, 0.2) is 60.2 Å². The highest BCUT2D eigenvalue weighted by Gasteiger charge is 2.36. The van der Waals surface area contributed by atoms with Gasteiger partial charge in [-0.05, 0) is 54.0 Å². The highest BCUT2D eigenvalue weighted by molar-refractivity contribution is 5.93. The molecule has 1 saturated carbocycles. The fraction of sp³-hybridized carbons (Fsp3) is 0.448. The third kappa shape index (κ3) is 4.36. The average molecular weight is 444 g/mol. The summed E-state index contributed by atoms with van der Waals surface area (Å²) in [6.45, 7) is 0.923. The van der Waals surface area contributed by atoms with Gasteiger partial charge in [-0.25, -0.2) is 4.79 Å². The number of hydrogen-bond donors (Lipinski definition) is 0. The topological polar surface area (TPSA) is 46.6 Å². The third-order valence-electron chi connectivity index (χ3n) is 7.80. The second-order valence-electron chi connectivity index (χ2n) is 9.73. The molecular formula is C29H33NO3. The van der Waals surface area contributed by atoms with Crippen molar-refractivity contribution in [2.45, 2.75) is 63.3 Å². The quantitative estimate of drug-likeness (QED) is 0.557. The largest absolute Gasteiger partial charge is 0.465 e. The fourth-order valence-electron chi connectivity index (χ4n) is 5.98. The van der Waals surface area contributed by atoms with E-state index in [9.17, 15) is 9.59 Å². The number of carbonyl (C=O) groups excluding carboxylic acids is 2. The summed E-state index contributed by atoms with van der Waals surface area (Å²) in [7, 11) is 1.42. The molecule has 1 amide bonds. The molecule has 3 aliphatic rings. The summed E-state index contributed by atoms with van der Waals surface area (Å²) < 4.78 is 4.85. The van der Waals surface area contributed by atoms with Gasteiger partial charge in [0.25, 0.3) is 0 Å². The Labute approximate surface area is 196 Å². The summed E-state index contributed by atoms with van der Waals surface area (Å²) in [5, 5.41) is 2.49. The molecule has 2 aromatic carbocycles. The first-order valence-corrected chi connectivity index (χ1v) is 12.4. The molecule has 2 aliphatic carbocycles. The number of methoxy groups -OCH3 is 1. The predicted molar refractivity (Wildman–Crippen MR) is 131 cm³/mol. The van der Waals surface area contributed by atoms with Crippen molar-refractivity contribution in [3.63, 3.8) is 0 Å². The summed E-state index contributed by atoms with van der Waals surface area (Å²) in [5.41, 5.74) is 3.16. The summed E-state index contributed by atoms with van der Waals surface area (Å²) in [5.74, 6) is 0.410. The highest BCUT2D eigenvalue weighted by Crippen LogP contribution is 2.36. The molecule has 1 heterocycles. The van der Waals surface area contributed by atoms with Crippen LogP contribution in [0.5, 0.6) is 0 Å². The van der Waals surface area contributed by atoms with Gasteiger partial charge >= 0.3 is 5.97 Å². The number of fused-ring (bicyclic) bond motifs is 1. The van der Waals surface area contributed by atoms with Crippen molar-refractivity contribution in [2.75, 3.05) is 13.7 Å². The van der Waals surface area contributed by atoms with Gasteiger partial charge in [0.1, 0.15) is 0 Å². The van der Waals surface area contributed by atoms with Crippen molar-refractivity contribution in [3.05, 3.63) is 71.3 Å². The second-order valence-corrected chi connectivity index (χ2v) is 9.73. The molecule has 2 fully saturated rings. The van der Waals surface area contributed by atoms with E-state index in [-0.39, 0.29) is 17.8 Å². The molecule has 0 radical (unpaired) electrons. The monoisotopic (exact) mass is 443 g/mol. The van der Waals surface area contributed by atoms with Crippen LogP contribution >= 0.6 is 0 Å². The Hall–Kier alpha value is -2.88. The Morgan fingerprint density at radius 3 is 2.55 bits per heavy atom. The molecule has 172 valence electrons. The van der Waals surface area contributed by atoms with Gasteiger partial charge in [-0.2, -0.15) is 0 Å². The van der Waals surface area contributed by atoms with E-state index in [0.717, 1.165) is 25.8 Å². The standard InChI is InChI=1S/C29H33NO3/c1-33-29(32)21-13-11-20(12-14-21)26-16-15-22(25-9-5-6-10-27(25)26)19-23-17-18-30(28(23)31)24-7-3-2-4-8-24/h5-6,9-11,13-16,20,23-24H,2-4,7-8,12,17-19H2,1H3. The molecule has 0 aromatic heterocycles. The van der Waals surface area contributed by atoms with Gasteiger partial charge in [-0.3, -0.25) is 4.79 Å². The van der Waals surface area contributed by atoms with E-state index in [1.54, 1.807) is 0 Å². The first-order chi connectivity index (χ1) is 16.2. The molecule has 4 heteroatoms. The number of hydrogen-bond acceptors (Lipinski definition) is 3. The summed E-state index contributed by atoms with van der Waals surface area (Å²) >= 11 is 0. The van der Waals surface area contributed by atoms with Crippen LogP contribution in [0.3, 0.4) is 0 Å². The minimum Gasteiger partial charge on any atom is -0.465 e. The molecule has 0 N–H and O–H groups in total. The molecule has 2 aromatic rings. The Morgan fingerprint density at radius 1 is 1.03 bits per heavy atom. The minimum atomic E-state index is -0.284. The van der Waals surface area contributed by atoms with Gasteiger partial charge in [0.2, 0.25) is 5.91 Å². The zero-order valence-electron chi connectivity index (χ0n) is 19.5. The van der Waals surface area contributed by atoms with Crippen LogP contribution in [0.4, 0.5) is 0 Å². The molecule has 33 heavy (non-hydrogen) atoms. The van der Waals surface area contributed by atoms with Crippen LogP contribution < -0.4 is 0 Å². The Balaban J connectivity index is 1.36. The van der Waals surface area contributed by atoms with Crippen molar-refractivity contribution in [3.8, 4) is 0 Å². The maximum Gasteiger partial charge on any atom is 0.337 e. The minimum absolute atomic E-state index is 0.0984. The van der Waals surface area contributed by atoms with Crippen LogP contribution in [0.25, 0.3) is 10.8 Å². The van der Waals surface area contributed by atoms with Crippen molar-refractivity contribution in [1.29, 1.82) is 0 Å². The Kier molecular flexibility index (Phi) is 6.34. The van der Waals surface area contributed by atoms with Gasteiger partial charge < -0.3 is 9.64 Å². The second kappa shape index (κ2) is 9.54. The average Bonchev–Trinajstić information content (AvgIpc) is 3.24. The fourth-order valence-corrected chi connectivity index (χ4v) is 5.98. The van der Waals surface area contributed by atoms with Gasteiger partial charge in [-0.1, -0.05) is 73.9 Å². The summed E-state index contributed by atoms with van der Waals surface area (Å²) in [6, 6.07) is 13.5. The molecule has 2 atom stereocenters. The molecule has 2 unspecified atom stereocenters. The van der Waals surface area contributed by atoms with Gasteiger partial charge in [-0.15, -0.1) is 0 Å². The highest BCUT2D eigenvalue weighted by atomic mass is 16.5. The molecule has 5 rings (SSSR count). The van der Waals surface area contributed by atoms with E-state index < -0.39 is 0 Å². The zero-order chi connectivity index (χ0) is 22.8. The van der Waals surface area contributed by atoms with Crippen LogP contribution in [0.1, 0.15) is 62.0 Å². The number of esters is 1. The number of allylic oxidation sites excluding steroid dienone is 2. The van der Waals surface area contributed by atoms with Crippen LogP contribution in [-0.2, 0) is 20.7 Å². The molecule has 1 aliphatic heterocycles. The molecular weight excluding hydrogens is 410 g/mol. The number of amides is 1. The van der Waals surface area contributed by atoms with E-state index in [2.05, 4.69) is 47.4 Å². The van der Waals surface area contributed by atoms with Crippen molar-refractivity contribution >= 4 is 22.6 Å².